The molecule has 0 radical (unpaired) electrons. The van der Waals surface area contributed by atoms with Crippen molar-refractivity contribution in [3.8, 4) is 0 Å². The van der Waals surface area contributed by atoms with E-state index in [2.05, 4.69) is 61.6 Å². The zero-order chi connectivity index (χ0) is 16.0. The van der Waals surface area contributed by atoms with E-state index in [1.807, 2.05) is 6.07 Å². The van der Waals surface area contributed by atoms with E-state index in [0.717, 1.165) is 12.0 Å². The van der Waals surface area contributed by atoms with Gasteiger partial charge in [0.15, 0.2) is 0 Å². The maximum atomic E-state index is 14.3. The fraction of sp³-hybridized carbons (Fsp3) is 0.333. The van der Waals surface area contributed by atoms with Crippen molar-refractivity contribution in [2.75, 3.05) is 5.32 Å². The number of benzene rings is 2. The molecular formula is C21H22FN. The normalized spacial score (nSPS) is 25.1. The van der Waals surface area contributed by atoms with E-state index in [9.17, 15) is 4.39 Å². The second kappa shape index (κ2) is 5.52. The molecule has 4 rings (SSSR count). The fourth-order valence-electron chi connectivity index (χ4n) is 4.00. The summed E-state index contributed by atoms with van der Waals surface area (Å²) >= 11 is 0. The van der Waals surface area contributed by atoms with E-state index >= 15 is 0 Å². The van der Waals surface area contributed by atoms with Gasteiger partial charge < -0.3 is 5.32 Å². The third kappa shape index (κ3) is 2.37. The predicted octanol–water partition coefficient (Wildman–Crippen LogP) is 5.78. The van der Waals surface area contributed by atoms with Gasteiger partial charge in [0.2, 0.25) is 0 Å². The van der Waals surface area contributed by atoms with Gasteiger partial charge in [-0.05, 0) is 41.0 Å². The van der Waals surface area contributed by atoms with Crippen molar-refractivity contribution < 1.29 is 4.39 Å². The highest BCUT2D eigenvalue weighted by Gasteiger charge is 2.38. The average molecular weight is 307 g/mol. The minimum atomic E-state index is -0.148. The molecule has 2 heteroatoms. The van der Waals surface area contributed by atoms with Gasteiger partial charge in [-0.1, -0.05) is 62.4 Å². The van der Waals surface area contributed by atoms with Gasteiger partial charge in [-0.15, -0.1) is 0 Å². The summed E-state index contributed by atoms with van der Waals surface area (Å²) < 4.78 is 14.3. The lowest BCUT2D eigenvalue weighted by Crippen LogP contribution is -2.29. The molecule has 0 fully saturated rings. The summed E-state index contributed by atoms with van der Waals surface area (Å²) in [5.74, 6) is 1.17. The molecule has 0 spiro atoms. The summed E-state index contributed by atoms with van der Waals surface area (Å²) in [5.41, 5.74) is 4.37. The van der Waals surface area contributed by atoms with E-state index < -0.39 is 0 Å². The van der Waals surface area contributed by atoms with Crippen LogP contribution < -0.4 is 5.32 Å². The molecule has 0 aromatic heterocycles. The van der Waals surface area contributed by atoms with Crippen LogP contribution in [-0.4, -0.2) is 0 Å². The number of fused-ring (bicyclic) bond motifs is 3. The average Bonchev–Trinajstić information content (AvgIpc) is 3.04. The third-order valence-electron chi connectivity index (χ3n) is 5.31. The molecule has 118 valence electrons. The van der Waals surface area contributed by atoms with Crippen molar-refractivity contribution in [2.24, 2.45) is 5.92 Å². The molecule has 3 atom stereocenters. The number of nitrogens with one attached hydrogen (secondary N) is 1. The molecule has 1 nitrogen and oxygen atoms in total. The fourth-order valence-corrected chi connectivity index (χ4v) is 4.00. The quantitative estimate of drug-likeness (QED) is 0.694. The number of para-hydroxylation sites is 1. The number of rotatable bonds is 2. The van der Waals surface area contributed by atoms with E-state index in [0.29, 0.717) is 23.4 Å². The van der Waals surface area contributed by atoms with Gasteiger partial charge in [0.05, 0.1) is 11.7 Å². The minimum Gasteiger partial charge on any atom is -0.375 e. The molecule has 2 aromatic rings. The van der Waals surface area contributed by atoms with Crippen molar-refractivity contribution in [3.63, 3.8) is 0 Å². The van der Waals surface area contributed by atoms with Crippen LogP contribution in [0.5, 0.6) is 0 Å². The molecule has 2 aliphatic rings. The summed E-state index contributed by atoms with van der Waals surface area (Å²) in [7, 11) is 0. The Kier molecular flexibility index (Phi) is 3.48. The Hall–Kier alpha value is -2.09. The molecule has 0 amide bonds. The SMILES string of the molecule is CC(C)c1ccc([C@@H]2Nc3c(F)cccc3[C@@H]3C=CC[C@H]32)cc1. The van der Waals surface area contributed by atoms with Crippen LogP contribution in [0, 0.1) is 11.7 Å². The molecule has 1 heterocycles. The first kappa shape index (κ1) is 14.5. The number of allylic oxidation sites excluding steroid dienone is 2. The van der Waals surface area contributed by atoms with Crippen LogP contribution in [0.25, 0.3) is 0 Å². The van der Waals surface area contributed by atoms with Gasteiger partial charge in [0.1, 0.15) is 5.82 Å². The Labute approximate surface area is 137 Å². The maximum absolute atomic E-state index is 14.3. The van der Waals surface area contributed by atoms with E-state index in [1.54, 1.807) is 6.07 Å². The van der Waals surface area contributed by atoms with Crippen molar-refractivity contribution >= 4 is 5.69 Å². The van der Waals surface area contributed by atoms with Crippen LogP contribution >= 0.6 is 0 Å². The van der Waals surface area contributed by atoms with Gasteiger partial charge in [-0.2, -0.15) is 0 Å². The largest absolute Gasteiger partial charge is 0.375 e. The number of hydrogen-bond acceptors (Lipinski definition) is 1. The Bertz CT molecular complexity index is 745. The van der Waals surface area contributed by atoms with E-state index in [1.165, 1.54) is 11.1 Å². The first-order valence-corrected chi connectivity index (χ1v) is 8.46. The lowest BCUT2D eigenvalue weighted by Gasteiger charge is -2.37. The van der Waals surface area contributed by atoms with Gasteiger partial charge in [-0.3, -0.25) is 0 Å². The van der Waals surface area contributed by atoms with Crippen molar-refractivity contribution in [1.82, 2.24) is 0 Å². The molecule has 1 aliphatic heterocycles. The lowest BCUT2D eigenvalue weighted by molar-refractivity contribution is 0.420. The van der Waals surface area contributed by atoms with Crippen LogP contribution in [0.2, 0.25) is 0 Å². The molecule has 1 N–H and O–H groups in total. The highest BCUT2D eigenvalue weighted by molar-refractivity contribution is 5.60. The summed E-state index contributed by atoms with van der Waals surface area (Å²) in [4.78, 5) is 0. The van der Waals surface area contributed by atoms with Gasteiger partial charge >= 0.3 is 0 Å². The monoisotopic (exact) mass is 307 g/mol. The first-order chi connectivity index (χ1) is 11.1. The van der Waals surface area contributed by atoms with Crippen molar-refractivity contribution in [1.29, 1.82) is 0 Å². The summed E-state index contributed by atoms with van der Waals surface area (Å²) in [6.45, 7) is 4.41. The molecule has 0 bridgehead atoms. The summed E-state index contributed by atoms with van der Waals surface area (Å²) in [5, 5.41) is 3.49. The van der Waals surface area contributed by atoms with Crippen LogP contribution in [-0.2, 0) is 0 Å². The second-order valence-corrected chi connectivity index (χ2v) is 7.00. The van der Waals surface area contributed by atoms with Gasteiger partial charge in [-0.25, -0.2) is 4.39 Å². The molecule has 2 aromatic carbocycles. The molecule has 0 saturated heterocycles. The zero-order valence-corrected chi connectivity index (χ0v) is 13.6. The Balaban J connectivity index is 1.74. The highest BCUT2D eigenvalue weighted by Crippen LogP contribution is 2.50. The maximum Gasteiger partial charge on any atom is 0.146 e. The standard InChI is InChI=1S/C21H22FN/c1-13(2)14-9-11-15(12-10-14)20-17-6-3-5-16(17)18-7-4-8-19(22)21(18)23-20/h3-5,7-13,16-17,20,23H,6H2,1-2H3/t16-,17-,20+/m1/s1. The summed E-state index contributed by atoms with van der Waals surface area (Å²) in [6.07, 6.45) is 5.54. The number of anilines is 1. The first-order valence-electron chi connectivity index (χ1n) is 8.46. The topological polar surface area (TPSA) is 12.0 Å². The summed E-state index contributed by atoms with van der Waals surface area (Å²) in [6, 6.07) is 14.4. The zero-order valence-electron chi connectivity index (χ0n) is 13.6. The van der Waals surface area contributed by atoms with Gasteiger partial charge in [0, 0.05) is 5.92 Å². The Morgan fingerprint density at radius 2 is 1.87 bits per heavy atom. The van der Waals surface area contributed by atoms with Crippen LogP contribution in [0.3, 0.4) is 0 Å². The minimum absolute atomic E-state index is 0.148. The molecule has 0 saturated carbocycles. The lowest BCUT2D eigenvalue weighted by atomic mass is 9.77. The highest BCUT2D eigenvalue weighted by atomic mass is 19.1. The van der Waals surface area contributed by atoms with Crippen molar-refractivity contribution in [2.45, 2.75) is 38.1 Å². The predicted molar refractivity (Wildman–Crippen MR) is 93.3 cm³/mol. The number of halogens is 1. The van der Waals surface area contributed by atoms with Crippen LogP contribution in [0.15, 0.2) is 54.6 Å². The smallest absolute Gasteiger partial charge is 0.146 e. The van der Waals surface area contributed by atoms with Crippen molar-refractivity contribution in [3.05, 3.63) is 77.1 Å². The van der Waals surface area contributed by atoms with Crippen LogP contribution in [0.1, 0.15) is 54.8 Å². The number of hydrogen-bond donors (Lipinski definition) is 1. The van der Waals surface area contributed by atoms with E-state index in [4.69, 9.17) is 0 Å². The third-order valence-corrected chi connectivity index (χ3v) is 5.31. The van der Waals surface area contributed by atoms with Crippen LogP contribution in [0.4, 0.5) is 10.1 Å². The molecular weight excluding hydrogens is 285 g/mol. The van der Waals surface area contributed by atoms with E-state index in [-0.39, 0.29) is 11.9 Å². The second-order valence-electron chi connectivity index (χ2n) is 7.00. The Morgan fingerprint density at radius 1 is 1.09 bits per heavy atom. The molecule has 0 unspecified atom stereocenters. The Morgan fingerprint density at radius 3 is 2.61 bits per heavy atom. The van der Waals surface area contributed by atoms with Gasteiger partial charge in [0.25, 0.3) is 0 Å². The molecule has 1 aliphatic carbocycles. The molecule has 23 heavy (non-hydrogen) atoms.